The summed E-state index contributed by atoms with van der Waals surface area (Å²) in [6.45, 7) is 2.86. The minimum absolute atomic E-state index is 0.114. The molecule has 0 saturated carbocycles. The molecule has 0 radical (unpaired) electrons. The van der Waals surface area contributed by atoms with Crippen molar-refractivity contribution in [2.75, 3.05) is 13.2 Å². The normalized spacial score (nSPS) is 12.2. The number of carbonyl (C=O) groups is 1. The standard InChI is InChI=1S/C14H19ClINO2/c1-2-3-10(6-7-18)9-17-14(19)11-4-5-13(16)12(15)8-11/h4-5,8,10,18H,2-3,6-7,9H2,1H3,(H,17,19). The van der Waals surface area contributed by atoms with Crippen LogP contribution in [0.2, 0.25) is 5.02 Å². The highest BCUT2D eigenvalue weighted by Crippen LogP contribution is 2.19. The lowest BCUT2D eigenvalue weighted by molar-refractivity contribution is 0.0943. The zero-order valence-corrected chi connectivity index (χ0v) is 13.9. The molecule has 1 aromatic rings. The summed E-state index contributed by atoms with van der Waals surface area (Å²) >= 11 is 8.13. The van der Waals surface area contributed by atoms with Crippen molar-refractivity contribution >= 4 is 40.1 Å². The van der Waals surface area contributed by atoms with Gasteiger partial charge in [0, 0.05) is 22.3 Å². The van der Waals surface area contributed by atoms with Crippen molar-refractivity contribution in [1.82, 2.24) is 5.32 Å². The Balaban J connectivity index is 2.56. The van der Waals surface area contributed by atoms with Crippen LogP contribution in [0.15, 0.2) is 18.2 Å². The molecule has 2 N–H and O–H groups in total. The quantitative estimate of drug-likeness (QED) is 0.695. The molecule has 1 unspecified atom stereocenters. The molecule has 1 amide bonds. The summed E-state index contributed by atoms with van der Waals surface area (Å²) in [5.74, 6) is 0.218. The first-order valence-electron chi connectivity index (χ1n) is 6.42. The van der Waals surface area contributed by atoms with Crippen molar-refractivity contribution < 1.29 is 9.90 Å². The summed E-state index contributed by atoms with van der Waals surface area (Å²) < 4.78 is 0.931. The second kappa shape index (κ2) is 8.76. The van der Waals surface area contributed by atoms with Crippen LogP contribution in [0.4, 0.5) is 0 Å². The smallest absolute Gasteiger partial charge is 0.251 e. The predicted molar refractivity (Wildman–Crippen MR) is 86.6 cm³/mol. The van der Waals surface area contributed by atoms with Gasteiger partial charge in [0.25, 0.3) is 5.91 Å². The van der Waals surface area contributed by atoms with E-state index in [-0.39, 0.29) is 12.5 Å². The van der Waals surface area contributed by atoms with Crippen LogP contribution in [0.25, 0.3) is 0 Å². The van der Waals surface area contributed by atoms with Crippen LogP contribution >= 0.6 is 34.2 Å². The van der Waals surface area contributed by atoms with Gasteiger partial charge in [0.2, 0.25) is 0 Å². The number of hydrogen-bond acceptors (Lipinski definition) is 2. The van der Waals surface area contributed by atoms with E-state index in [1.807, 2.05) is 6.07 Å². The van der Waals surface area contributed by atoms with Crippen molar-refractivity contribution in [2.24, 2.45) is 5.92 Å². The fourth-order valence-electron chi connectivity index (χ4n) is 1.92. The molecule has 1 atom stereocenters. The molecule has 19 heavy (non-hydrogen) atoms. The van der Waals surface area contributed by atoms with Gasteiger partial charge in [-0.25, -0.2) is 0 Å². The van der Waals surface area contributed by atoms with Crippen LogP contribution in [-0.4, -0.2) is 24.2 Å². The molecule has 106 valence electrons. The molecule has 5 heteroatoms. The first kappa shape index (κ1) is 16.7. The first-order valence-corrected chi connectivity index (χ1v) is 7.88. The Kier molecular flexibility index (Phi) is 7.71. The topological polar surface area (TPSA) is 49.3 Å². The lowest BCUT2D eigenvalue weighted by atomic mass is 10.00. The summed E-state index contributed by atoms with van der Waals surface area (Å²) in [6, 6.07) is 5.28. The van der Waals surface area contributed by atoms with Crippen LogP contribution in [0, 0.1) is 9.49 Å². The number of aliphatic hydroxyl groups excluding tert-OH is 1. The Hall–Kier alpha value is -0.330. The van der Waals surface area contributed by atoms with Gasteiger partial charge in [-0.2, -0.15) is 0 Å². The van der Waals surface area contributed by atoms with E-state index in [0.717, 1.165) is 22.8 Å². The highest BCUT2D eigenvalue weighted by Gasteiger charge is 2.11. The summed E-state index contributed by atoms with van der Waals surface area (Å²) in [5.41, 5.74) is 0.574. The average Bonchev–Trinajstić information content (AvgIpc) is 2.39. The van der Waals surface area contributed by atoms with Gasteiger partial charge < -0.3 is 10.4 Å². The van der Waals surface area contributed by atoms with Crippen LogP contribution in [-0.2, 0) is 0 Å². The number of rotatable bonds is 7. The van der Waals surface area contributed by atoms with E-state index < -0.39 is 0 Å². The molecule has 0 aliphatic carbocycles. The van der Waals surface area contributed by atoms with Crippen molar-refractivity contribution in [2.45, 2.75) is 26.2 Å². The van der Waals surface area contributed by atoms with Crippen molar-refractivity contribution in [1.29, 1.82) is 0 Å². The van der Waals surface area contributed by atoms with Crippen molar-refractivity contribution in [3.63, 3.8) is 0 Å². The molecular weight excluding hydrogens is 377 g/mol. The third-order valence-corrected chi connectivity index (χ3v) is 4.54. The minimum Gasteiger partial charge on any atom is -0.396 e. The summed E-state index contributed by atoms with van der Waals surface area (Å²) in [6.07, 6.45) is 2.78. The van der Waals surface area contributed by atoms with E-state index in [2.05, 4.69) is 34.8 Å². The van der Waals surface area contributed by atoms with Gasteiger partial charge in [-0.3, -0.25) is 4.79 Å². The molecule has 0 fully saturated rings. The molecule has 1 rings (SSSR count). The predicted octanol–water partition coefficient (Wildman–Crippen LogP) is 3.47. The fraction of sp³-hybridized carbons (Fsp3) is 0.500. The molecule has 0 aromatic heterocycles. The lowest BCUT2D eigenvalue weighted by Gasteiger charge is -2.15. The monoisotopic (exact) mass is 395 g/mol. The number of amides is 1. The molecule has 0 aliphatic heterocycles. The Morgan fingerprint density at radius 3 is 2.79 bits per heavy atom. The highest BCUT2D eigenvalue weighted by atomic mass is 127. The van der Waals surface area contributed by atoms with E-state index in [4.69, 9.17) is 16.7 Å². The van der Waals surface area contributed by atoms with Crippen LogP contribution < -0.4 is 5.32 Å². The lowest BCUT2D eigenvalue weighted by Crippen LogP contribution is -2.29. The molecule has 0 saturated heterocycles. The van der Waals surface area contributed by atoms with Gasteiger partial charge in [0.1, 0.15) is 0 Å². The van der Waals surface area contributed by atoms with E-state index in [9.17, 15) is 4.79 Å². The molecule has 1 aromatic carbocycles. The highest BCUT2D eigenvalue weighted by molar-refractivity contribution is 14.1. The largest absolute Gasteiger partial charge is 0.396 e. The molecule has 0 bridgehead atoms. The summed E-state index contributed by atoms with van der Waals surface area (Å²) in [5, 5.41) is 12.5. The second-order valence-corrected chi connectivity index (χ2v) is 6.08. The van der Waals surface area contributed by atoms with Crippen LogP contribution in [0.3, 0.4) is 0 Å². The van der Waals surface area contributed by atoms with E-state index >= 15 is 0 Å². The molecular formula is C14H19ClINO2. The number of nitrogens with one attached hydrogen (secondary N) is 1. The van der Waals surface area contributed by atoms with Crippen LogP contribution in [0.5, 0.6) is 0 Å². The zero-order valence-electron chi connectivity index (χ0n) is 11.0. The molecule has 0 heterocycles. The molecule has 0 aliphatic rings. The average molecular weight is 396 g/mol. The third-order valence-electron chi connectivity index (χ3n) is 2.97. The van der Waals surface area contributed by atoms with Gasteiger partial charge in [-0.05, 0) is 59.5 Å². The summed E-state index contributed by atoms with van der Waals surface area (Å²) in [4.78, 5) is 12.0. The number of carbonyl (C=O) groups excluding carboxylic acids is 1. The van der Waals surface area contributed by atoms with Gasteiger partial charge in [-0.15, -0.1) is 0 Å². The van der Waals surface area contributed by atoms with Crippen molar-refractivity contribution in [3.8, 4) is 0 Å². The Morgan fingerprint density at radius 2 is 2.21 bits per heavy atom. The second-order valence-electron chi connectivity index (χ2n) is 4.51. The van der Waals surface area contributed by atoms with Gasteiger partial charge >= 0.3 is 0 Å². The minimum atomic E-state index is -0.114. The van der Waals surface area contributed by atoms with E-state index in [1.165, 1.54) is 0 Å². The van der Waals surface area contributed by atoms with Crippen LogP contribution in [0.1, 0.15) is 36.5 Å². The zero-order chi connectivity index (χ0) is 14.3. The Bertz CT molecular complexity index is 420. The van der Waals surface area contributed by atoms with E-state index in [1.54, 1.807) is 12.1 Å². The Labute approximate surface area is 132 Å². The molecule has 0 spiro atoms. The fourth-order valence-corrected chi connectivity index (χ4v) is 2.43. The van der Waals surface area contributed by atoms with Gasteiger partial charge in [-0.1, -0.05) is 24.9 Å². The number of halogens is 2. The number of hydrogen-bond donors (Lipinski definition) is 2. The summed E-state index contributed by atoms with van der Waals surface area (Å²) in [7, 11) is 0. The SMILES string of the molecule is CCCC(CCO)CNC(=O)c1ccc(I)c(Cl)c1. The van der Waals surface area contributed by atoms with Crippen molar-refractivity contribution in [3.05, 3.63) is 32.4 Å². The first-order chi connectivity index (χ1) is 9.08. The maximum atomic E-state index is 12.0. The number of aliphatic hydroxyl groups is 1. The third kappa shape index (κ3) is 5.67. The maximum Gasteiger partial charge on any atom is 0.251 e. The van der Waals surface area contributed by atoms with Gasteiger partial charge in [0.15, 0.2) is 0 Å². The molecule has 3 nitrogen and oxygen atoms in total. The Morgan fingerprint density at radius 1 is 1.47 bits per heavy atom. The van der Waals surface area contributed by atoms with E-state index in [0.29, 0.717) is 23.0 Å². The maximum absolute atomic E-state index is 12.0. The van der Waals surface area contributed by atoms with Gasteiger partial charge in [0.05, 0.1) is 5.02 Å². The number of benzene rings is 1.